The van der Waals surface area contributed by atoms with Crippen LogP contribution in [0.2, 0.25) is 0 Å². The molecule has 0 aliphatic carbocycles. The molecule has 28 heavy (non-hydrogen) atoms. The molecule has 0 fully saturated rings. The second-order valence-electron chi connectivity index (χ2n) is 7.43. The summed E-state index contributed by atoms with van der Waals surface area (Å²) in [6.07, 6.45) is 0. The van der Waals surface area contributed by atoms with Crippen molar-refractivity contribution in [2.75, 3.05) is 0 Å². The van der Waals surface area contributed by atoms with Gasteiger partial charge in [-0.2, -0.15) is 0 Å². The Hall–Kier alpha value is -3.78. The molecule has 0 atom stereocenters. The summed E-state index contributed by atoms with van der Waals surface area (Å²) in [5.41, 5.74) is 4.12. The molecule has 7 rings (SSSR count). The zero-order chi connectivity index (χ0) is 18.2. The Balaban J connectivity index is 1.87. The molecule has 2 heteroatoms. The molecule has 2 nitrogen and oxygen atoms in total. The van der Waals surface area contributed by atoms with Crippen molar-refractivity contribution in [1.29, 1.82) is 0 Å². The summed E-state index contributed by atoms with van der Waals surface area (Å²) in [6.45, 7) is 0. The number of hydrogen-bond acceptors (Lipinski definition) is 1. The van der Waals surface area contributed by atoms with E-state index < -0.39 is 0 Å². The van der Waals surface area contributed by atoms with Gasteiger partial charge < -0.3 is 9.40 Å². The molecule has 0 unspecified atom stereocenters. The lowest BCUT2D eigenvalue weighted by Crippen LogP contribution is -1.78. The second-order valence-corrected chi connectivity index (χ2v) is 7.43. The van der Waals surface area contributed by atoms with Crippen LogP contribution in [0.1, 0.15) is 0 Å². The van der Waals surface area contributed by atoms with Crippen LogP contribution >= 0.6 is 0 Å². The van der Waals surface area contributed by atoms with E-state index in [1.165, 1.54) is 48.6 Å². The quantitative estimate of drug-likeness (QED) is 0.299. The minimum Gasteiger partial charge on any atom is -0.454 e. The molecule has 0 aliphatic rings. The van der Waals surface area contributed by atoms with E-state index in [9.17, 15) is 0 Å². The van der Waals surface area contributed by atoms with Crippen molar-refractivity contribution in [2.45, 2.75) is 0 Å². The standard InChI is InChI=1S/C26H15NO/c1-2-8-16-15(7-1)13-14-20-22-17-9-3-4-10-18(17)23-19-11-5-6-12-21(19)28-26(23)25(22)27-24(16)20/h1-14,27H. The molecule has 0 aliphatic heterocycles. The predicted octanol–water partition coefficient (Wildman–Crippen LogP) is 7.53. The van der Waals surface area contributed by atoms with Gasteiger partial charge in [-0.15, -0.1) is 0 Å². The summed E-state index contributed by atoms with van der Waals surface area (Å²) in [6, 6.07) is 29.9. The fraction of sp³-hybridized carbons (Fsp3) is 0. The molecular formula is C26H15NO. The lowest BCUT2D eigenvalue weighted by molar-refractivity contribution is 0.672. The van der Waals surface area contributed by atoms with E-state index in [0.29, 0.717) is 0 Å². The predicted molar refractivity (Wildman–Crippen MR) is 118 cm³/mol. The van der Waals surface area contributed by atoms with Crippen LogP contribution < -0.4 is 0 Å². The van der Waals surface area contributed by atoms with Crippen molar-refractivity contribution < 1.29 is 4.42 Å². The van der Waals surface area contributed by atoms with Crippen LogP contribution in [0.25, 0.3) is 65.3 Å². The molecule has 0 bridgehead atoms. The van der Waals surface area contributed by atoms with Gasteiger partial charge in [0.05, 0.1) is 11.0 Å². The third-order valence-corrected chi connectivity index (χ3v) is 5.99. The lowest BCUT2D eigenvalue weighted by atomic mass is 9.98. The lowest BCUT2D eigenvalue weighted by Gasteiger charge is -2.03. The summed E-state index contributed by atoms with van der Waals surface area (Å²) >= 11 is 0. The minimum absolute atomic E-state index is 0.929. The van der Waals surface area contributed by atoms with Crippen LogP contribution in [0.3, 0.4) is 0 Å². The topological polar surface area (TPSA) is 28.9 Å². The highest BCUT2D eigenvalue weighted by molar-refractivity contribution is 6.35. The van der Waals surface area contributed by atoms with Gasteiger partial charge in [0, 0.05) is 26.9 Å². The number of benzene rings is 5. The van der Waals surface area contributed by atoms with Gasteiger partial charge in [0.25, 0.3) is 0 Å². The third kappa shape index (κ3) is 1.64. The van der Waals surface area contributed by atoms with Crippen LogP contribution in [0.4, 0.5) is 0 Å². The molecule has 1 N–H and O–H groups in total. The van der Waals surface area contributed by atoms with Gasteiger partial charge in [0.15, 0.2) is 5.58 Å². The summed E-state index contributed by atoms with van der Waals surface area (Å²) in [7, 11) is 0. The highest BCUT2D eigenvalue weighted by Crippen LogP contribution is 2.43. The Labute approximate surface area is 160 Å². The van der Waals surface area contributed by atoms with Gasteiger partial charge in [-0.25, -0.2) is 0 Å². The van der Waals surface area contributed by atoms with Crippen molar-refractivity contribution >= 4 is 65.3 Å². The molecule has 0 saturated heterocycles. The molecule has 0 amide bonds. The van der Waals surface area contributed by atoms with E-state index in [1.807, 2.05) is 12.1 Å². The average Bonchev–Trinajstić information content (AvgIpc) is 3.33. The molecule has 5 aromatic carbocycles. The normalized spacial score (nSPS) is 12.3. The molecule has 0 radical (unpaired) electrons. The first-order valence-corrected chi connectivity index (χ1v) is 9.55. The van der Waals surface area contributed by atoms with Crippen molar-refractivity contribution in [3.63, 3.8) is 0 Å². The van der Waals surface area contributed by atoms with Crippen LogP contribution in [-0.2, 0) is 0 Å². The van der Waals surface area contributed by atoms with Crippen molar-refractivity contribution in [1.82, 2.24) is 4.98 Å². The summed E-state index contributed by atoms with van der Waals surface area (Å²) in [5.74, 6) is 0. The highest BCUT2D eigenvalue weighted by Gasteiger charge is 2.19. The maximum Gasteiger partial charge on any atom is 0.160 e. The third-order valence-electron chi connectivity index (χ3n) is 5.99. The molecule has 2 aromatic heterocycles. The van der Waals surface area contributed by atoms with Gasteiger partial charge >= 0.3 is 0 Å². The molecular weight excluding hydrogens is 342 g/mol. The summed E-state index contributed by atoms with van der Waals surface area (Å²) < 4.78 is 6.38. The number of hydrogen-bond donors (Lipinski definition) is 1. The number of aromatic amines is 1. The van der Waals surface area contributed by atoms with E-state index in [4.69, 9.17) is 4.42 Å². The number of H-pyrrole nitrogens is 1. The van der Waals surface area contributed by atoms with Crippen LogP contribution in [-0.4, -0.2) is 4.98 Å². The summed E-state index contributed by atoms with van der Waals surface area (Å²) in [4.78, 5) is 3.72. The Morgan fingerprint density at radius 1 is 0.500 bits per heavy atom. The Morgan fingerprint density at radius 3 is 2.04 bits per heavy atom. The Morgan fingerprint density at radius 2 is 1.18 bits per heavy atom. The van der Waals surface area contributed by atoms with Crippen molar-refractivity contribution in [2.24, 2.45) is 0 Å². The number of nitrogens with one attached hydrogen (secondary N) is 1. The number of furan rings is 1. The first-order valence-electron chi connectivity index (χ1n) is 9.55. The largest absolute Gasteiger partial charge is 0.454 e. The van der Waals surface area contributed by atoms with Crippen molar-refractivity contribution in [3.05, 3.63) is 84.9 Å². The van der Waals surface area contributed by atoms with E-state index >= 15 is 0 Å². The molecule has 2 heterocycles. The number of fused-ring (bicyclic) bond motifs is 12. The van der Waals surface area contributed by atoms with Gasteiger partial charge in [0.1, 0.15) is 5.58 Å². The average molecular weight is 357 g/mol. The first kappa shape index (κ1) is 14.3. The van der Waals surface area contributed by atoms with Gasteiger partial charge in [-0.3, -0.25) is 0 Å². The van der Waals surface area contributed by atoms with Gasteiger partial charge in [-0.05, 0) is 22.2 Å². The Bertz CT molecular complexity index is 1720. The van der Waals surface area contributed by atoms with Gasteiger partial charge in [-0.1, -0.05) is 78.9 Å². The fourth-order valence-electron chi connectivity index (χ4n) is 4.79. The number of aromatic nitrogens is 1. The maximum absolute atomic E-state index is 6.38. The fourth-order valence-corrected chi connectivity index (χ4v) is 4.79. The van der Waals surface area contributed by atoms with E-state index in [-0.39, 0.29) is 0 Å². The number of para-hydroxylation sites is 1. The van der Waals surface area contributed by atoms with E-state index in [2.05, 4.69) is 77.8 Å². The van der Waals surface area contributed by atoms with Crippen LogP contribution in [0.15, 0.2) is 89.3 Å². The van der Waals surface area contributed by atoms with E-state index in [1.54, 1.807) is 0 Å². The second kappa shape index (κ2) is 4.93. The smallest absolute Gasteiger partial charge is 0.160 e. The Kier molecular flexibility index (Phi) is 2.52. The van der Waals surface area contributed by atoms with Gasteiger partial charge in [0.2, 0.25) is 0 Å². The maximum atomic E-state index is 6.38. The van der Waals surface area contributed by atoms with Crippen LogP contribution in [0, 0.1) is 0 Å². The summed E-state index contributed by atoms with van der Waals surface area (Å²) in [5, 5.41) is 9.82. The SMILES string of the molecule is c1ccc2c(c1)ccc1c2[nH]c2c3oc4ccccc4c3c3ccccc3c12. The first-order chi connectivity index (χ1) is 13.9. The molecule has 130 valence electrons. The molecule has 7 aromatic rings. The number of rotatable bonds is 0. The molecule has 0 spiro atoms. The zero-order valence-electron chi connectivity index (χ0n) is 15.0. The highest BCUT2D eigenvalue weighted by atomic mass is 16.3. The zero-order valence-corrected chi connectivity index (χ0v) is 15.0. The van der Waals surface area contributed by atoms with Crippen LogP contribution in [0.5, 0.6) is 0 Å². The van der Waals surface area contributed by atoms with Crippen molar-refractivity contribution in [3.8, 4) is 0 Å². The minimum atomic E-state index is 0.929. The monoisotopic (exact) mass is 357 g/mol. The van der Waals surface area contributed by atoms with E-state index in [0.717, 1.165) is 16.7 Å². The molecule has 0 saturated carbocycles.